The van der Waals surface area contributed by atoms with E-state index in [-0.39, 0.29) is 5.41 Å². The van der Waals surface area contributed by atoms with Gasteiger partial charge in [-0.15, -0.1) is 0 Å². The average Bonchev–Trinajstić information content (AvgIpc) is 3.28. The van der Waals surface area contributed by atoms with Gasteiger partial charge in [0.1, 0.15) is 5.75 Å². The zero-order valence-corrected chi connectivity index (χ0v) is 15.0. The molecule has 3 atom stereocenters. The van der Waals surface area contributed by atoms with Crippen molar-refractivity contribution in [3.05, 3.63) is 66.7 Å². The summed E-state index contributed by atoms with van der Waals surface area (Å²) in [6.07, 6.45) is 7.56. The molecule has 1 saturated carbocycles. The SMILES string of the molecule is O=C(O)C(CC12C=CC(CC1)C2)C(=O)Oc1ccccc1-c1ccccc1. The van der Waals surface area contributed by atoms with Crippen molar-refractivity contribution < 1.29 is 19.4 Å². The van der Waals surface area contributed by atoms with Crippen molar-refractivity contribution in [2.24, 2.45) is 17.3 Å². The van der Waals surface area contributed by atoms with Crippen molar-refractivity contribution in [2.75, 3.05) is 0 Å². The van der Waals surface area contributed by atoms with Gasteiger partial charge in [0.15, 0.2) is 5.92 Å². The molecule has 2 aromatic rings. The van der Waals surface area contributed by atoms with Crippen molar-refractivity contribution in [1.82, 2.24) is 0 Å². The fourth-order valence-corrected chi connectivity index (χ4v) is 4.38. The van der Waals surface area contributed by atoms with E-state index in [1.807, 2.05) is 42.5 Å². The Morgan fingerprint density at radius 3 is 2.48 bits per heavy atom. The Hall–Kier alpha value is -2.88. The number of carbonyl (C=O) groups is 2. The molecule has 2 aliphatic carbocycles. The van der Waals surface area contributed by atoms with Crippen LogP contribution in [0.4, 0.5) is 0 Å². The first-order chi connectivity index (χ1) is 13.1. The number of rotatable bonds is 6. The standard InChI is InChI=1S/C23H22O4/c24-21(25)19(15-23-12-10-16(14-23)11-13-23)22(26)27-20-9-5-4-8-18(20)17-6-2-1-3-7-17/h1-10,12,16,19H,11,13-15H2,(H,24,25). The van der Waals surface area contributed by atoms with E-state index in [4.69, 9.17) is 4.74 Å². The van der Waals surface area contributed by atoms with E-state index in [0.29, 0.717) is 18.1 Å². The highest BCUT2D eigenvalue weighted by Gasteiger charge is 2.45. The fourth-order valence-electron chi connectivity index (χ4n) is 4.38. The molecule has 1 N–H and O–H groups in total. The number of hydrogen-bond acceptors (Lipinski definition) is 3. The van der Waals surface area contributed by atoms with Gasteiger partial charge in [0, 0.05) is 5.56 Å². The summed E-state index contributed by atoms with van der Waals surface area (Å²) >= 11 is 0. The number of carbonyl (C=O) groups excluding carboxylic acids is 1. The number of benzene rings is 2. The highest BCUT2D eigenvalue weighted by Crippen LogP contribution is 2.52. The molecule has 0 radical (unpaired) electrons. The van der Waals surface area contributed by atoms with Gasteiger partial charge in [-0.05, 0) is 48.6 Å². The molecule has 0 aliphatic heterocycles. The summed E-state index contributed by atoms with van der Waals surface area (Å²) in [6, 6.07) is 16.8. The lowest BCUT2D eigenvalue weighted by Gasteiger charge is -2.26. The van der Waals surface area contributed by atoms with Crippen LogP contribution in [-0.2, 0) is 9.59 Å². The molecule has 0 aromatic heterocycles. The number of ether oxygens (including phenoxy) is 1. The summed E-state index contributed by atoms with van der Waals surface area (Å²) in [6.45, 7) is 0. The third-order valence-electron chi connectivity index (χ3n) is 5.78. The minimum absolute atomic E-state index is 0.161. The Labute approximate surface area is 158 Å². The van der Waals surface area contributed by atoms with Crippen LogP contribution < -0.4 is 4.74 Å². The molecule has 138 valence electrons. The molecule has 2 aromatic carbocycles. The normalized spacial score (nSPS) is 23.9. The summed E-state index contributed by atoms with van der Waals surface area (Å²) in [5, 5.41) is 9.67. The van der Waals surface area contributed by atoms with Crippen molar-refractivity contribution in [1.29, 1.82) is 0 Å². The van der Waals surface area contributed by atoms with Crippen LogP contribution in [-0.4, -0.2) is 17.0 Å². The van der Waals surface area contributed by atoms with Gasteiger partial charge in [-0.3, -0.25) is 9.59 Å². The lowest BCUT2D eigenvalue weighted by atomic mass is 9.79. The molecule has 3 unspecified atom stereocenters. The number of allylic oxidation sites excluding steroid dienone is 2. The molecule has 0 spiro atoms. The maximum Gasteiger partial charge on any atom is 0.325 e. The third kappa shape index (κ3) is 3.52. The smallest absolute Gasteiger partial charge is 0.325 e. The zero-order valence-electron chi connectivity index (χ0n) is 15.0. The fraction of sp³-hybridized carbons (Fsp3) is 0.304. The second-order valence-electron chi connectivity index (χ2n) is 7.60. The van der Waals surface area contributed by atoms with Gasteiger partial charge in [-0.25, -0.2) is 0 Å². The molecule has 2 aliphatic rings. The van der Waals surface area contributed by atoms with Crippen LogP contribution in [0.2, 0.25) is 0 Å². The summed E-state index contributed by atoms with van der Waals surface area (Å²) in [5.41, 5.74) is 1.53. The van der Waals surface area contributed by atoms with Crippen molar-refractivity contribution in [3.63, 3.8) is 0 Å². The van der Waals surface area contributed by atoms with Crippen LogP contribution in [0, 0.1) is 17.3 Å². The van der Waals surface area contributed by atoms with Crippen LogP contribution in [0.3, 0.4) is 0 Å². The summed E-state index contributed by atoms with van der Waals surface area (Å²) < 4.78 is 5.59. The summed E-state index contributed by atoms with van der Waals surface area (Å²) in [5.74, 6) is -2.03. The Morgan fingerprint density at radius 2 is 1.85 bits per heavy atom. The Balaban J connectivity index is 1.56. The number of esters is 1. The Kier molecular flexibility index (Phi) is 4.56. The Bertz CT molecular complexity index is 886. The minimum Gasteiger partial charge on any atom is -0.481 e. The van der Waals surface area contributed by atoms with Gasteiger partial charge < -0.3 is 9.84 Å². The van der Waals surface area contributed by atoms with Crippen LogP contribution in [0.25, 0.3) is 11.1 Å². The zero-order chi connectivity index (χ0) is 18.9. The van der Waals surface area contributed by atoms with Gasteiger partial charge in [-0.1, -0.05) is 60.7 Å². The lowest BCUT2D eigenvalue weighted by molar-refractivity contribution is -0.154. The molecule has 4 nitrogen and oxygen atoms in total. The topological polar surface area (TPSA) is 63.6 Å². The van der Waals surface area contributed by atoms with Crippen LogP contribution in [0.5, 0.6) is 5.75 Å². The maximum absolute atomic E-state index is 12.8. The number of carboxylic acid groups (broad SMARTS) is 1. The first kappa shape index (κ1) is 17.5. The third-order valence-corrected chi connectivity index (χ3v) is 5.78. The lowest BCUT2D eigenvalue weighted by Crippen LogP contribution is -2.32. The molecule has 0 amide bonds. The average molecular weight is 362 g/mol. The molecule has 27 heavy (non-hydrogen) atoms. The van der Waals surface area contributed by atoms with E-state index in [2.05, 4.69) is 12.2 Å². The number of hydrogen-bond donors (Lipinski definition) is 1. The largest absolute Gasteiger partial charge is 0.481 e. The second kappa shape index (κ2) is 7.03. The van der Waals surface area contributed by atoms with E-state index in [1.165, 1.54) is 0 Å². The second-order valence-corrected chi connectivity index (χ2v) is 7.60. The molecule has 1 fully saturated rings. The van der Waals surface area contributed by atoms with Crippen molar-refractivity contribution >= 4 is 11.9 Å². The Morgan fingerprint density at radius 1 is 1.11 bits per heavy atom. The monoisotopic (exact) mass is 362 g/mol. The number of aliphatic carboxylic acids is 1. The van der Waals surface area contributed by atoms with Crippen LogP contribution >= 0.6 is 0 Å². The molecule has 0 heterocycles. The maximum atomic E-state index is 12.8. The number of carboxylic acids is 1. The van der Waals surface area contributed by atoms with Crippen LogP contribution in [0.1, 0.15) is 25.7 Å². The predicted molar refractivity (Wildman–Crippen MR) is 102 cm³/mol. The van der Waals surface area contributed by atoms with Gasteiger partial charge in [0.25, 0.3) is 0 Å². The van der Waals surface area contributed by atoms with E-state index >= 15 is 0 Å². The van der Waals surface area contributed by atoms with E-state index < -0.39 is 17.9 Å². The number of para-hydroxylation sites is 1. The first-order valence-corrected chi connectivity index (χ1v) is 9.35. The molecular formula is C23H22O4. The van der Waals surface area contributed by atoms with E-state index in [9.17, 15) is 14.7 Å². The van der Waals surface area contributed by atoms with Gasteiger partial charge in [0.05, 0.1) is 0 Å². The molecule has 4 rings (SSSR count). The van der Waals surface area contributed by atoms with Crippen molar-refractivity contribution in [2.45, 2.75) is 25.7 Å². The van der Waals surface area contributed by atoms with Crippen LogP contribution in [0.15, 0.2) is 66.7 Å². The van der Waals surface area contributed by atoms with E-state index in [0.717, 1.165) is 30.4 Å². The van der Waals surface area contributed by atoms with Crippen molar-refractivity contribution in [3.8, 4) is 16.9 Å². The predicted octanol–water partition coefficient (Wildman–Crippen LogP) is 4.71. The molecule has 0 saturated heterocycles. The van der Waals surface area contributed by atoms with Gasteiger partial charge in [-0.2, -0.15) is 0 Å². The highest BCUT2D eigenvalue weighted by molar-refractivity contribution is 5.95. The first-order valence-electron chi connectivity index (χ1n) is 9.35. The summed E-state index contributed by atoms with van der Waals surface area (Å²) in [7, 11) is 0. The van der Waals surface area contributed by atoms with Gasteiger partial charge in [0.2, 0.25) is 0 Å². The summed E-state index contributed by atoms with van der Waals surface area (Å²) in [4.78, 5) is 24.6. The van der Waals surface area contributed by atoms with E-state index in [1.54, 1.807) is 12.1 Å². The highest BCUT2D eigenvalue weighted by atomic mass is 16.5. The molecular weight excluding hydrogens is 340 g/mol. The van der Waals surface area contributed by atoms with Gasteiger partial charge >= 0.3 is 11.9 Å². The molecule has 4 heteroatoms. The molecule has 2 bridgehead atoms. The minimum atomic E-state index is -1.16. The number of fused-ring (bicyclic) bond motifs is 2. The quantitative estimate of drug-likeness (QED) is 0.350.